The highest BCUT2D eigenvalue weighted by Gasteiger charge is 2.50. The lowest BCUT2D eigenvalue weighted by molar-refractivity contribution is -0.154. The molecular weight excluding hydrogens is 549 g/mol. The fourth-order valence-electron chi connectivity index (χ4n) is 5.95. The number of nitrogens with zero attached hydrogens (tertiary/aromatic N) is 5. The molecule has 5 rings (SSSR count). The van der Waals surface area contributed by atoms with Gasteiger partial charge in [-0.05, 0) is 55.8 Å². The van der Waals surface area contributed by atoms with Crippen molar-refractivity contribution in [1.29, 1.82) is 0 Å². The summed E-state index contributed by atoms with van der Waals surface area (Å²) < 4.78 is 27.6. The second-order valence-corrected chi connectivity index (χ2v) is 14.3. The number of halogens is 2. The maximum Gasteiger partial charge on any atom is 0.281 e. The molecule has 4 fully saturated rings. The smallest absolute Gasteiger partial charge is 0.281 e. The number of piperazine rings is 1. The van der Waals surface area contributed by atoms with Crippen molar-refractivity contribution < 1.29 is 18.0 Å². The molecule has 210 valence electrons. The predicted octanol–water partition coefficient (Wildman–Crippen LogP) is 2.29. The predicted molar refractivity (Wildman–Crippen MR) is 147 cm³/mol. The van der Waals surface area contributed by atoms with Crippen LogP contribution < -0.4 is 0 Å². The van der Waals surface area contributed by atoms with Crippen molar-refractivity contribution in [2.24, 2.45) is 5.92 Å². The van der Waals surface area contributed by atoms with Crippen LogP contribution in [0.4, 0.5) is 0 Å². The van der Waals surface area contributed by atoms with E-state index in [1.165, 1.54) is 9.21 Å². The lowest BCUT2D eigenvalue weighted by atomic mass is 9.70. The van der Waals surface area contributed by atoms with Gasteiger partial charge in [-0.2, -0.15) is 17.0 Å². The summed E-state index contributed by atoms with van der Waals surface area (Å²) in [6.45, 7) is 5.46. The molecule has 1 aliphatic carbocycles. The first-order chi connectivity index (χ1) is 18.0. The molecule has 38 heavy (non-hydrogen) atoms. The normalized spacial score (nSPS) is 26.8. The minimum atomic E-state index is -3.37. The monoisotopic (exact) mass is 585 g/mol. The highest BCUT2D eigenvalue weighted by molar-refractivity contribution is 7.86. The van der Waals surface area contributed by atoms with E-state index in [0.29, 0.717) is 60.9 Å². The Labute approximate surface area is 235 Å². The van der Waals surface area contributed by atoms with Gasteiger partial charge < -0.3 is 4.90 Å². The van der Waals surface area contributed by atoms with Crippen molar-refractivity contribution in [2.45, 2.75) is 43.6 Å². The van der Waals surface area contributed by atoms with Gasteiger partial charge >= 0.3 is 0 Å². The SMILES string of the molecule is CN(C)S(=O)(=O)N1CCN(C2CN(CC[C@]3(c4ccc(Cl)c(Cl)c4)CCC(=O)N(CC4CC4)C3=O)C2)CC1. The zero-order valence-electron chi connectivity index (χ0n) is 22.1. The van der Waals surface area contributed by atoms with Crippen LogP contribution >= 0.6 is 23.2 Å². The number of amides is 2. The molecule has 4 aliphatic rings. The van der Waals surface area contributed by atoms with E-state index in [1.54, 1.807) is 30.5 Å². The van der Waals surface area contributed by atoms with E-state index >= 15 is 0 Å². The van der Waals surface area contributed by atoms with Gasteiger partial charge in [-0.25, -0.2) is 0 Å². The molecule has 1 saturated carbocycles. The lowest BCUT2D eigenvalue weighted by Gasteiger charge is -2.49. The number of benzene rings is 1. The molecule has 9 nitrogen and oxygen atoms in total. The summed E-state index contributed by atoms with van der Waals surface area (Å²) in [5.41, 5.74) is 0.0364. The summed E-state index contributed by atoms with van der Waals surface area (Å²) in [6.07, 6.45) is 3.58. The fraction of sp³-hybridized carbons (Fsp3) is 0.692. The van der Waals surface area contributed by atoms with Crippen LogP contribution in [-0.4, -0.2) is 116 Å². The van der Waals surface area contributed by atoms with E-state index in [-0.39, 0.29) is 11.8 Å². The van der Waals surface area contributed by atoms with Crippen LogP contribution in [0.15, 0.2) is 18.2 Å². The third-order valence-corrected chi connectivity index (χ3v) is 11.4. The molecule has 0 radical (unpaired) electrons. The van der Waals surface area contributed by atoms with Crippen LogP contribution in [-0.2, 0) is 25.2 Å². The van der Waals surface area contributed by atoms with E-state index in [1.807, 2.05) is 6.07 Å². The maximum atomic E-state index is 14.0. The zero-order valence-corrected chi connectivity index (χ0v) is 24.4. The number of carbonyl (C=O) groups is 2. The first kappa shape index (κ1) is 28.3. The van der Waals surface area contributed by atoms with Gasteiger partial charge in [-0.3, -0.25) is 19.4 Å². The topological polar surface area (TPSA) is 84.5 Å². The van der Waals surface area contributed by atoms with Crippen molar-refractivity contribution in [3.63, 3.8) is 0 Å². The Hall–Kier alpha value is -1.27. The molecule has 3 aliphatic heterocycles. The Morgan fingerprint density at radius 2 is 1.71 bits per heavy atom. The number of likely N-dealkylation sites (tertiary alicyclic amines) is 2. The maximum absolute atomic E-state index is 14.0. The molecule has 0 bridgehead atoms. The van der Waals surface area contributed by atoms with E-state index in [2.05, 4.69) is 9.80 Å². The van der Waals surface area contributed by atoms with Gasteiger partial charge in [0.05, 0.1) is 15.5 Å². The molecule has 1 aromatic carbocycles. The first-order valence-corrected chi connectivity index (χ1v) is 15.6. The summed E-state index contributed by atoms with van der Waals surface area (Å²) in [5, 5.41) is 0.866. The van der Waals surface area contributed by atoms with Crippen LogP contribution in [0.2, 0.25) is 10.0 Å². The number of carbonyl (C=O) groups excluding carboxylic acids is 2. The van der Waals surface area contributed by atoms with Gasteiger partial charge in [0.2, 0.25) is 11.8 Å². The average molecular weight is 587 g/mol. The van der Waals surface area contributed by atoms with Crippen molar-refractivity contribution in [2.75, 3.05) is 66.5 Å². The first-order valence-electron chi connectivity index (χ1n) is 13.5. The molecule has 0 N–H and O–H groups in total. The van der Waals surface area contributed by atoms with Crippen molar-refractivity contribution in [3.8, 4) is 0 Å². The molecule has 2 amide bonds. The minimum Gasteiger partial charge on any atom is -0.300 e. The average Bonchev–Trinajstić information content (AvgIpc) is 3.68. The summed E-state index contributed by atoms with van der Waals surface area (Å²) in [6, 6.07) is 5.81. The number of imide groups is 1. The van der Waals surface area contributed by atoms with Crippen LogP contribution in [0.1, 0.15) is 37.7 Å². The largest absolute Gasteiger partial charge is 0.300 e. The Bertz CT molecular complexity index is 1180. The number of hydrogen-bond acceptors (Lipinski definition) is 6. The van der Waals surface area contributed by atoms with Gasteiger partial charge in [0.15, 0.2) is 0 Å². The van der Waals surface area contributed by atoms with Gasteiger partial charge in [-0.1, -0.05) is 29.3 Å². The molecule has 0 spiro atoms. The summed E-state index contributed by atoms with van der Waals surface area (Å²) >= 11 is 12.6. The minimum absolute atomic E-state index is 0.0722. The van der Waals surface area contributed by atoms with Crippen LogP contribution in [0.25, 0.3) is 0 Å². The van der Waals surface area contributed by atoms with Crippen LogP contribution in [0, 0.1) is 5.92 Å². The Balaban J connectivity index is 1.23. The molecule has 3 saturated heterocycles. The fourth-order valence-corrected chi connectivity index (χ4v) is 7.34. The number of piperidine rings is 1. The molecule has 1 aromatic rings. The lowest BCUT2D eigenvalue weighted by Crippen LogP contribution is -2.64. The van der Waals surface area contributed by atoms with Gasteiger partial charge in [0, 0.05) is 72.4 Å². The second-order valence-electron chi connectivity index (χ2n) is 11.4. The van der Waals surface area contributed by atoms with Crippen molar-refractivity contribution in [1.82, 2.24) is 23.3 Å². The third-order valence-electron chi connectivity index (χ3n) is 8.70. The highest BCUT2D eigenvalue weighted by Crippen LogP contribution is 2.43. The van der Waals surface area contributed by atoms with E-state index < -0.39 is 15.6 Å². The van der Waals surface area contributed by atoms with Crippen molar-refractivity contribution >= 4 is 45.2 Å². The van der Waals surface area contributed by atoms with Gasteiger partial charge in [0.1, 0.15) is 0 Å². The van der Waals surface area contributed by atoms with Crippen LogP contribution in [0.5, 0.6) is 0 Å². The summed E-state index contributed by atoms with van der Waals surface area (Å²) in [5.74, 6) is 0.253. The Morgan fingerprint density at radius 3 is 2.32 bits per heavy atom. The van der Waals surface area contributed by atoms with Gasteiger partial charge in [-0.15, -0.1) is 0 Å². The molecule has 12 heteroatoms. The molecule has 3 heterocycles. The molecule has 0 aromatic heterocycles. The highest BCUT2D eigenvalue weighted by atomic mass is 35.5. The third kappa shape index (κ3) is 5.50. The number of rotatable bonds is 9. The van der Waals surface area contributed by atoms with E-state index in [0.717, 1.165) is 51.1 Å². The van der Waals surface area contributed by atoms with E-state index in [4.69, 9.17) is 23.2 Å². The molecule has 0 unspecified atom stereocenters. The molecule has 1 atom stereocenters. The van der Waals surface area contributed by atoms with Gasteiger partial charge in [0.25, 0.3) is 10.2 Å². The van der Waals surface area contributed by atoms with Crippen LogP contribution in [0.3, 0.4) is 0 Å². The number of hydrogen-bond donors (Lipinski definition) is 0. The second kappa shape index (κ2) is 11.0. The summed E-state index contributed by atoms with van der Waals surface area (Å²) in [4.78, 5) is 32.9. The Kier molecular flexibility index (Phi) is 8.15. The van der Waals surface area contributed by atoms with E-state index in [9.17, 15) is 18.0 Å². The summed E-state index contributed by atoms with van der Waals surface area (Å²) in [7, 11) is -0.246. The quantitative estimate of drug-likeness (QED) is 0.413. The van der Waals surface area contributed by atoms with Crippen molar-refractivity contribution in [3.05, 3.63) is 33.8 Å². The standard InChI is InChI=1S/C26H37Cl2N5O4S/c1-29(2)38(36,37)32-13-11-31(12-14-32)21-17-30(18-21)10-9-26(20-5-6-22(27)23(28)15-20)8-7-24(34)33(25(26)35)16-19-3-4-19/h5-6,15,19,21H,3-4,7-14,16-18H2,1-2H3/t26-/m0/s1. The molecular formula is C26H37Cl2N5O4S. The zero-order chi connectivity index (χ0) is 27.2. The Morgan fingerprint density at radius 1 is 1.03 bits per heavy atom.